The summed E-state index contributed by atoms with van der Waals surface area (Å²) >= 11 is 0. The van der Waals surface area contributed by atoms with Crippen molar-refractivity contribution >= 4 is 5.91 Å². The average molecular weight is 266 g/mol. The minimum Gasteiger partial charge on any atom is -0.354 e. The van der Waals surface area contributed by atoms with Crippen LogP contribution in [0.25, 0.3) is 0 Å². The Balaban J connectivity index is 2.52. The molecule has 0 radical (unpaired) electrons. The number of nitrogens with one attached hydrogen (secondary N) is 1. The van der Waals surface area contributed by atoms with Crippen molar-refractivity contribution in [1.29, 1.82) is 0 Å². The van der Waals surface area contributed by atoms with E-state index in [0.717, 1.165) is 5.56 Å². The van der Waals surface area contributed by atoms with Gasteiger partial charge in [0.05, 0.1) is 6.04 Å². The van der Waals surface area contributed by atoms with Crippen LogP contribution in [0.2, 0.25) is 0 Å². The Bertz CT molecular complexity index is 420. The number of benzene rings is 1. The second-order valence-corrected chi connectivity index (χ2v) is 5.36. The van der Waals surface area contributed by atoms with Gasteiger partial charge in [-0.2, -0.15) is 0 Å². The molecule has 0 fully saturated rings. The number of hydrogen-bond acceptors (Lipinski definition) is 2. The van der Waals surface area contributed by atoms with Gasteiger partial charge in [0.25, 0.3) is 0 Å². The number of hydrogen-bond donors (Lipinski definition) is 1. The van der Waals surface area contributed by atoms with Crippen molar-refractivity contribution < 1.29 is 9.18 Å². The first-order valence-electron chi connectivity index (χ1n) is 6.62. The summed E-state index contributed by atoms with van der Waals surface area (Å²) in [7, 11) is 1.87. The Hall–Kier alpha value is -1.42. The Morgan fingerprint density at radius 3 is 2.63 bits per heavy atom. The van der Waals surface area contributed by atoms with E-state index in [1.54, 1.807) is 6.07 Å². The molecule has 0 bridgehead atoms. The van der Waals surface area contributed by atoms with Gasteiger partial charge >= 0.3 is 0 Å². The fraction of sp³-hybridized carbons (Fsp3) is 0.533. The molecule has 0 spiro atoms. The maximum Gasteiger partial charge on any atom is 0.237 e. The average Bonchev–Trinajstić information content (AvgIpc) is 2.34. The molecule has 0 saturated heterocycles. The first kappa shape index (κ1) is 15.6. The molecule has 0 aliphatic rings. The Kier molecular flexibility index (Phi) is 5.96. The third-order valence-electron chi connectivity index (χ3n) is 3.05. The van der Waals surface area contributed by atoms with Gasteiger partial charge in [0.15, 0.2) is 0 Å². The van der Waals surface area contributed by atoms with Gasteiger partial charge in [0.1, 0.15) is 5.82 Å². The summed E-state index contributed by atoms with van der Waals surface area (Å²) < 4.78 is 13.1. The van der Waals surface area contributed by atoms with Crippen molar-refractivity contribution in [3.63, 3.8) is 0 Å². The maximum atomic E-state index is 13.1. The lowest BCUT2D eigenvalue weighted by Crippen LogP contribution is -2.43. The predicted molar refractivity (Wildman–Crippen MR) is 75.2 cm³/mol. The molecule has 1 N–H and O–H groups in total. The fourth-order valence-corrected chi connectivity index (χ4v) is 1.71. The van der Waals surface area contributed by atoms with E-state index in [4.69, 9.17) is 0 Å². The highest BCUT2D eigenvalue weighted by Crippen LogP contribution is 2.08. The van der Waals surface area contributed by atoms with Gasteiger partial charge in [-0.25, -0.2) is 4.39 Å². The number of halogens is 1. The molecule has 1 aromatic rings. The third kappa shape index (κ3) is 5.39. The summed E-state index contributed by atoms with van der Waals surface area (Å²) in [6.07, 6.45) is 0. The van der Waals surface area contributed by atoms with Crippen LogP contribution in [-0.4, -0.2) is 30.4 Å². The molecule has 0 aliphatic carbocycles. The molecule has 1 unspecified atom stereocenters. The zero-order valence-corrected chi connectivity index (χ0v) is 12.1. The van der Waals surface area contributed by atoms with Crippen LogP contribution in [-0.2, 0) is 11.3 Å². The lowest BCUT2D eigenvalue weighted by atomic mass is 10.1. The van der Waals surface area contributed by atoms with Crippen LogP contribution in [0.3, 0.4) is 0 Å². The summed E-state index contributed by atoms with van der Waals surface area (Å²) in [5.74, 6) is 0.195. The number of nitrogens with zero attached hydrogens (tertiary/aromatic N) is 1. The van der Waals surface area contributed by atoms with E-state index in [9.17, 15) is 9.18 Å². The lowest BCUT2D eigenvalue weighted by Gasteiger charge is -2.24. The van der Waals surface area contributed by atoms with Crippen LogP contribution < -0.4 is 5.32 Å². The van der Waals surface area contributed by atoms with Gasteiger partial charge in [-0.05, 0) is 37.6 Å². The van der Waals surface area contributed by atoms with Crippen molar-refractivity contribution in [3.8, 4) is 0 Å². The molecule has 106 valence electrons. The molecule has 1 rings (SSSR count). The van der Waals surface area contributed by atoms with Gasteiger partial charge < -0.3 is 5.32 Å². The van der Waals surface area contributed by atoms with Crippen molar-refractivity contribution in [2.75, 3.05) is 13.6 Å². The molecule has 19 heavy (non-hydrogen) atoms. The Morgan fingerprint density at radius 1 is 1.37 bits per heavy atom. The van der Waals surface area contributed by atoms with Crippen molar-refractivity contribution in [1.82, 2.24) is 10.2 Å². The highest BCUT2D eigenvalue weighted by Gasteiger charge is 2.18. The van der Waals surface area contributed by atoms with Crippen LogP contribution in [0.4, 0.5) is 4.39 Å². The first-order valence-corrected chi connectivity index (χ1v) is 6.62. The molecular formula is C15H23FN2O. The van der Waals surface area contributed by atoms with Crippen LogP contribution in [0.5, 0.6) is 0 Å². The molecule has 4 heteroatoms. The normalized spacial score (nSPS) is 12.8. The van der Waals surface area contributed by atoms with E-state index >= 15 is 0 Å². The molecule has 3 nitrogen and oxygen atoms in total. The van der Waals surface area contributed by atoms with Crippen molar-refractivity contribution in [2.24, 2.45) is 5.92 Å². The topological polar surface area (TPSA) is 32.3 Å². The highest BCUT2D eigenvalue weighted by atomic mass is 19.1. The first-order chi connectivity index (χ1) is 8.90. The van der Waals surface area contributed by atoms with E-state index < -0.39 is 0 Å². The number of carbonyl (C=O) groups is 1. The summed E-state index contributed by atoms with van der Waals surface area (Å²) in [5.41, 5.74) is 0.867. The van der Waals surface area contributed by atoms with E-state index in [1.807, 2.05) is 24.9 Å². The van der Waals surface area contributed by atoms with Gasteiger partial charge in [0.2, 0.25) is 5.91 Å². The molecule has 0 saturated carbocycles. The van der Waals surface area contributed by atoms with Crippen molar-refractivity contribution in [3.05, 3.63) is 35.6 Å². The molecule has 0 aromatic heterocycles. The number of likely N-dealkylation sites (N-methyl/N-ethyl adjacent to an activating group) is 1. The second-order valence-electron chi connectivity index (χ2n) is 5.36. The van der Waals surface area contributed by atoms with Crippen molar-refractivity contribution in [2.45, 2.75) is 33.4 Å². The number of rotatable bonds is 6. The minimum atomic E-state index is -0.247. The van der Waals surface area contributed by atoms with Gasteiger partial charge in [-0.3, -0.25) is 9.69 Å². The SMILES string of the molecule is CC(C)CNC(=O)C(C)N(C)Cc1cccc(F)c1. The molecule has 0 aliphatic heterocycles. The zero-order valence-electron chi connectivity index (χ0n) is 12.1. The van der Waals surface area contributed by atoms with E-state index in [2.05, 4.69) is 19.2 Å². The highest BCUT2D eigenvalue weighted by molar-refractivity contribution is 5.81. The van der Waals surface area contributed by atoms with E-state index in [0.29, 0.717) is 19.0 Å². The van der Waals surface area contributed by atoms with Gasteiger partial charge in [-0.15, -0.1) is 0 Å². The smallest absolute Gasteiger partial charge is 0.237 e. The summed E-state index contributed by atoms with van der Waals surface area (Å²) in [5, 5.41) is 2.91. The van der Waals surface area contributed by atoms with E-state index in [1.165, 1.54) is 12.1 Å². The zero-order chi connectivity index (χ0) is 14.4. The fourth-order valence-electron chi connectivity index (χ4n) is 1.71. The maximum absolute atomic E-state index is 13.1. The minimum absolute atomic E-state index is 0.00704. The Labute approximate surface area is 114 Å². The monoisotopic (exact) mass is 266 g/mol. The molecule has 1 amide bonds. The number of carbonyl (C=O) groups excluding carboxylic acids is 1. The third-order valence-corrected chi connectivity index (χ3v) is 3.05. The van der Waals surface area contributed by atoms with Gasteiger partial charge in [-0.1, -0.05) is 26.0 Å². The Morgan fingerprint density at radius 2 is 2.05 bits per heavy atom. The summed E-state index contributed by atoms with van der Waals surface area (Å²) in [6, 6.07) is 6.22. The van der Waals surface area contributed by atoms with Gasteiger partial charge in [0, 0.05) is 13.1 Å². The molecule has 1 aromatic carbocycles. The summed E-state index contributed by atoms with van der Waals surface area (Å²) in [4.78, 5) is 13.8. The quantitative estimate of drug-likeness (QED) is 0.857. The standard InChI is InChI=1S/C15H23FN2O/c1-11(2)9-17-15(19)12(3)18(4)10-13-6-5-7-14(16)8-13/h5-8,11-12H,9-10H2,1-4H3,(H,17,19). The van der Waals surface area contributed by atoms with Crippen LogP contribution in [0.1, 0.15) is 26.3 Å². The van der Waals surface area contributed by atoms with Crippen LogP contribution in [0.15, 0.2) is 24.3 Å². The second kappa shape index (κ2) is 7.24. The van der Waals surface area contributed by atoms with E-state index in [-0.39, 0.29) is 17.8 Å². The van der Waals surface area contributed by atoms with Crippen LogP contribution in [0, 0.1) is 11.7 Å². The largest absolute Gasteiger partial charge is 0.354 e. The summed E-state index contributed by atoms with van der Waals surface area (Å²) in [6.45, 7) is 7.20. The lowest BCUT2D eigenvalue weighted by molar-refractivity contribution is -0.125. The molecular weight excluding hydrogens is 243 g/mol. The molecule has 1 atom stereocenters. The number of amides is 1. The molecule has 0 heterocycles. The predicted octanol–water partition coefficient (Wildman–Crippen LogP) is 2.42. The van der Waals surface area contributed by atoms with Crippen LogP contribution >= 0.6 is 0 Å².